The van der Waals surface area contributed by atoms with E-state index in [-0.39, 0.29) is 17.6 Å². The molecule has 0 aromatic heterocycles. The fourth-order valence-electron chi connectivity index (χ4n) is 2.46. The molecule has 1 aromatic carbocycles. The van der Waals surface area contributed by atoms with Crippen LogP contribution in [-0.4, -0.2) is 26.3 Å². The van der Waals surface area contributed by atoms with Crippen molar-refractivity contribution < 1.29 is 13.5 Å². The maximum Gasteiger partial charge on any atom is 0.126 e. The summed E-state index contributed by atoms with van der Waals surface area (Å²) in [5.41, 5.74) is 0.567. The Labute approximate surface area is 114 Å². The molecule has 0 saturated heterocycles. The zero-order valence-electron chi connectivity index (χ0n) is 12.3. The summed E-state index contributed by atoms with van der Waals surface area (Å²) in [7, 11) is 3.49. The number of rotatable bonds is 5. The second kappa shape index (κ2) is 6.44. The SMILES string of the molecule is CNC(Cc1cc(F)cc(F)c1)C(OC)C(C)(C)C. The first kappa shape index (κ1) is 16.1. The second-order valence-electron chi connectivity index (χ2n) is 5.90. The van der Waals surface area contributed by atoms with Crippen LogP contribution in [-0.2, 0) is 11.2 Å². The average Bonchev–Trinajstić information content (AvgIpc) is 2.25. The Balaban J connectivity index is 2.92. The van der Waals surface area contributed by atoms with Crippen LogP contribution < -0.4 is 5.32 Å². The molecule has 0 fully saturated rings. The number of methoxy groups -OCH3 is 1. The minimum Gasteiger partial charge on any atom is -0.379 e. The fraction of sp³-hybridized carbons (Fsp3) is 0.600. The lowest BCUT2D eigenvalue weighted by Crippen LogP contribution is -2.47. The van der Waals surface area contributed by atoms with Crippen molar-refractivity contribution in [2.75, 3.05) is 14.2 Å². The van der Waals surface area contributed by atoms with Crippen molar-refractivity contribution in [3.63, 3.8) is 0 Å². The summed E-state index contributed by atoms with van der Waals surface area (Å²) in [6, 6.07) is 3.60. The maximum absolute atomic E-state index is 13.2. The van der Waals surface area contributed by atoms with Gasteiger partial charge in [-0.25, -0.2) is 8.78 Å². The molecule has 0 aliphatic carbocycles. The zero-order chi connectivity index (χ0) is 14.6. The molecule has 19 heavy (non-hydrogen) atoms. The van der Waals surface area contributed by atoms with E-state index in [2.05, 4.69) is 26.1 Å². The van der Waals surface area contributed by atoms with Gasteiger partial charge in [0.05, 0.1) is 6.10 Å². The number of nitrogens with one attached hydrogen (secondary N) is 1. The van der Waals surface area contributed by atoms with Crippen LogP contribution >= 0.6 is 0 Å². The summed E-state index contributed by atoms with van der Waals surface area (Å²) in [6.45, 7) is 6.24. The molecule has 4 heteroatoms. The second-order valence-corrected chi connectivity index (χ2v) is 5.90. The summed E-state index contributed by atoms with van der Waals surface area (Å²) in [4.78, 5) is 0. The van der Waals surface area contributed by atoms with E-state index in [1.54, 1.807) is 7.11 Å². The molecule has 0 spiro atoms. The van der Waals surface area contributed by atoms with Crippen LogP contribution in [0.3, 0.4) is 0 Å². The molecule has 2 atom stereocenters. The number of ether oxygens (including phenoxy) is 1. The minimum atomic E-state index is -0.547. The van der Waals surface area contributed by atoms with E-state index in [0.29, 0.717) is 12.0 Å². The zero-order valence-corrected chi connectivity index (χ0v) is 12.3. The van der Waals surface area contributed by atoms with Gasteiger partial charge in [-0.15, -0.1) is 0 Å². The van der Waals surface area contributed by atoms with Gasteiger partial charge in [0.1, 0.15) is 11.6 Å². The Morgan fingerprint density at radius 3 is 2.05 bits per heavy atom. The number of hydrogen-bond acceptors (Lipinski definition) is 2. The number of halogens is 2. The van der Waals surface area contributed by atoms with Gasteiger partial charge in [-0.1, -0.05) is 20.8 Å². The molecule has 0 aliphatic rings. The summed E-state index contributed by atoms with van der Waals surface area (Å²) in [5, 5.41) is 3.18. The quantitative estimate of drug-likeness (QED) is 0.888. The van der Waals surface area contributed by atoms with E-state index in [0.717, 1.165) is 6.07 Å². The van der Waals surface area contributed by atoms with Gasteiger partial charge in [0.2, 0.25) is 0 Å². The van der Waals surface area contributed by atoms with Gasteiger partial charge in [0.15, 0.2) is 0 Å². The molecule has 108 valence electrons. The fourth-order valence-corrected chi connectivity index (χ4v) is 2.46. The Hall–Kier alpha value is -1.00. The lowest BCUT2D eigenvalue weighted by molar-refractivity contribution is -0.00923. The standard InChI is InChI=1S/C15H23F2NO/c1-15(2,3)14(19-5)13(18-4)8-10-6-11(16)9-12(17)7-10/h6-7,9,13-14,18H,8H2,1-5H3. The van der Waals surface area contributed by atoms with Crippen molar-refractivity contribution >= 4 is 0 Å². The van der Waals surface area contributed by atoms with Gasteiger partial charge in [-0.2, -0.15) is 0 Å². The van der Waals surface area contributed by atoms with Crippen molar-refractivity contribution in [2.24, 2.45) is 5.41 Å². The lowest BCUT2D eigenvalue weighted by Gasteiger charge is -2.36. The third kappa shape index (κ3) is 4.55. The predicted molar refractivity (Wildman–Crippen MR) is 73.2 cm³/mol. The van der Waals surface area contributed by atoms with E-state index in [9.17, 15) is 8.78 Å². The third-order valence-electron chi connectivity index (χ3n) is 3.22. The molecule has 0 amide bonds. The van der Waals surface area contributed by atoms with E-state index in [1.807, 2.05) is 7.05 Å². The number of likely N-dealkylation sites (N-methyl/N-ethyl adjacent to an activating group) is 1. The largest absolute Gasteiger partial charge is 0.379 e. The maximum atomic E-state index is 13.2. The highest BCUT2D eigenvalue weighted by molar-refractivity contribution is 5.19. The van der Waals surface area contributed by atoms with Crippen molar-refractivity contribution in [2.45, 2.75) is 39.3 Å². The highest BCUT2D eigenvalue weighted by Crippen LogP contribution is 2.26. The van der Waals surface area contributed by atoms with E-state index < -0.39 is 11.6 Å². The molecule has 0 radical (unpaired) electrons. The summed E-state index contributed by atoms with van der Waals surface area (Å²) in [5.74, 6) is -1.09. The first-order chi connectivity index (χ1) is 8.77. The molecule has 0 bridgehead atoms. The van der Waals surface area contributed by atoms with Crippen molar-refractivity contribution in [1.29, 1.82) is 0 Å². The molecule has 2 unspecified atom stereocenters. The molecule has 1 aromatic rings. The van der Waals surface area contributed by atoms with Crippen LogP contribution in [0.4, 0.5) is 8.78 Å². The Morgan fingerprint density at radius 2 is 1.68 bits per heavy atom. The molecule has 0 aliphatic heterocycles. The van der Waals surface area contributed by atoms with Gasteiger partial charge in [-0.05, 0) is 36.6 Å². The molecular weight excluding hydrogens is 248 g/mol. The van der Waals surface area contributed by atoms with Gasteiger partial charge in [0.25, 0.3) is 0 Å². The van der Waals surface area contributed by atoms with E-state index >= 15 is 0 Å². The van der Waals surface area contributed by atoms with Crippen LogP contribution in [0.15, 0.2) is 18.2 Å². The highest BCUT2D eigenvalue weighted by atomic mass is 19.1. The predicted octanol–water partition coefficient (Wildman–Crippen LogP) is 3.16. The van der Waals surface area contributed by atoms with Crippen molar-refractivity contribution in [3.8, 4) is 0 Å². The summed E-state index contributed by atoms with van der Waals surface area (Å²) in [6.07, 6.45) is 0.463. The lowest BCUT2D eigenvalue weighted by atomic mass is 9.82. The highest BCUT2D eigenvalue weighted by Gasteiger charge is 2.31. The van der Waals surface area contributed by atoms with Crippen molar-refractivity contribution in [3.05, 3.63) is 35.4 Å². The number of hydrogen-bond donors (Lipinski definition) is 1. The minimum absolute atomic E-state index is 0.00815. The molecule has 2 nitrogen and oxygen atoms in total. The normalized spacial score (nSPS) is 15.3. The van der Waals surface area contributed by atoms with E-state index in [1.165, 1.54) is 12.1 Å². The number of benzene rings is 1. The average molecular weight is 271 g/mol. The smallest absolute Gasteiger partial charge is 0.126 e. The Bertz CT molecular complexity index is 395. The van der Waals surface area contributed by atoms with Crippen LogP contribution in [0.25, 0.3) is 0 Å². The van der Waals surface area contributed by atoms with E-state index in [4.69, 9.17) is 4.74 Å². The van der Waals surface area contributed by atoms with Crippen molar-refractivity contribution in [1.82, 2.24) is 5.32 Å². The van der Waals surface area contributed by atoms with Gasteiger partial charge in [0, 0.05) is 19.2 Å². The molecule has 1 rings (SSSR count). The Kier molecular flexibility index (Phi) is 5.44. The molecule has 1 N–H and O–H groups in total. The summed E-state index contributed by atoms with van der Waals surface area (Å²) >= 11 is 0. The van der Waals surface area contributed by atoms with Gasteiger partial charge in [-0.3, -0.25) is 0 Å². The van der Waals surface area contributed by atoms with Crippen LogP contribution in [0, 0.1) is 17.0 Å². The van der Waals surface area contributed by atoms with Crippen LogP contribution in [0.1, 0.15) is 26.3 Å². The first-order valence-corrected chi connectivity index (χ1v) is 6.43. The molecule has 0 saturated carbocycles. The molecular formula is C15H23F2NO. The van der Waals surface area contributed by atoms with Crippen LogP contribution in [0.5, 0.6) is 0 Å². The van der Waals surface area contributed by atoms with Crippen LogP contribution in [0.2, 0.25) is 0 Å². The van der Waals surface area contributed by atoms with Gasteiger partial charge >= 0.3 is 0 Å². The first-order valence-electron chi connectivity index (χ1n) is 6.43. The monoisotopic (exact) mass is 271 g/mol. The topological polar surface area (TPSA) is 21.3 Å². The van der Waals surface area contributed by atoms with Gasteiger partial charge < -0.3 is 10.1 Å². The Morgan fingerprint density at radius 1 is 1.16 bits per heavy atom. The molecule has 0 heterocycles. The summed E-state index contributed by atoms with van der Waals surface area (Å²) < 4.78 is 32.0. The third-order valence-corrected chi connectivity index (χ3v) is 3.22.